The number of anilines is 1. The Labute approximate surface area is 140 Å². The van der Waals surface area contributed by atoms with Crippen molar-refractivity contribution in [1.82, 2.24) is 9.78 Å². The van der Waals surface area contributed by atoms with Gasteiger partial charge in [-0.05, 0) is 38.0 Å². The number of carbonyl (C=O) groups is 1. The molecule has 1 saturated carbocycles. The molecule has 0 bridgehead atoms. The van der Waals surface area contributed by atoms with Gasteiger partial charge in [0.15, 0.2) is 0 Å². The molecule has 0 radical (unpaired) electrons. The molecule has 1 aliphatic rings. The minimum atomic E-state index is -0.476. The first kappa shape index (κ1) is 16.5. The fourth-order valence-corrected chi connectivity index (χ4v) is 3.18. The summed E-state index contributed by atoms with van der Waals surface area (Å²) in [5.41, 5.74) is 1.57. The SMILES string of the molecule is COc1ccc(F)cc1C(=O)Nc1cn(C2CCCCC2)nc1C. The van der Waals surface area contributed by atoms with Gasteiger partial charge in [-0.15, -0.1) is 0 Å². The number of ether oxygens (including phenoxy) is 1. The zero-order valence-electron chi connectivity index (χ0n) is 14.0. The van der Waals surface area contributed by atoms with E-state index in [0.29, 0.717) is 17.5 Å². The van der Waals surface area contributed by atoms with Crippen LogP contribution in [-0.2, 0) is 0 Å². The third kappa shape index (κ3) is 3.42. The first-order chi connectivity index (χ1) is 11.6. The van der Waals surface area contributed by atoms with Crippen molar-refractivity contribution in [2.24, 2.45) is 0 Å². The molecule has 1 amide bonds. The Morgan fingerprint density at radius 2 is 2.08 bits per heavy atom. The van der Waals surface area contributed by atoms with Crippen LogP contribution < -0.4 is 10.1 Å². The van der Waals surface area contributed by atoms with E-state index in [1.807, 2.05) is 17.8 Å². The molecule has 0 atom stereocenters. The van der Waals surface area contributed by atoms with Crippen molar-refractivity contribution in [3.8, 4) is 5.75 Å². The monoisotopic (exact) mass is 331 g/mol. The number of benzene rings is 1. The van der Waals surface area contributed by atoms with Crippen LogP contribution in [0.4, 0.5) is 10.1 Å². The fraction of sp³-hybridized carbons (Fsp3) is 0.444. The van der Waals surface area contributed by atoms with E-state index in [1.165, 1.54) is 44.6 Å². The Balaban J connectivity index is 1.79. The van der Waals surface area contributed by atoms with E-state index in [2.05, 4.69) is 10.4 Å². The molecule has 1 aromatic heterocycles. The number of amides is 1. The van der Waals surface area contributed by atoms with Gasteiger partial charge in [-0.25, -0.2) is 4.39 Å². The number of hydrogen-bond donors (Lipinski definition) is 1. The summed E-state index contributed by atoms with van der Waals surface area (Å²) >= 11 is 0. The van der Waals surface area contributed by atoms with E-state index < -0.39 is 11.7 Å². The molecule has 1 aromatic carbocycles. The van der Waals surface area contributed by atoms with Crippen molar-refractivity contribution >= 4 is 11.6 Å². The number of carbonyl (C=O) groups excluding carboxylic acids is 1. The van der Waals surface area contributed by atoms with E-state index in [-0.39, 0.29) is 5.56 Å². The Hall–Kier alpha value is -2.37. The molecule has 1 N–H and O–H groups in total. The van der Waals surface area contributed by atoms with Gasteiger partial charge in [0.1, 0.15) is 11.6 Å². The number of hydrogen-bond acceptors (Lipinski definition) is 3. The molecular formula is C18H22FN3O2. The first-order valence-electron chi connectivity index (χ1n) is 8.29. The molecular weight excluding hydrogens is 309 g/mol. The number of halogens is 1. The second kappa shape index (κ2) is 7.03. The van der Waals surface area contributed by atoms with Crippen LogP contribution in [0, 0.1) is 12.7 Å². The van der Waals surface area contributed by atoms with E-state index in [0.717, 1.165) is 18.5 Å². The number of aromatic nitrogens is 2. The van der Waals surface area contributed by atoms with Crippen molar-refractivity contribution in [1.29, 1.82) is 0 Å². The molecule has 2 aromatic rings. The van der Waals surface area contributed by atoms with Crippen LogP contribution in [0.25, 0.3) is 0 Å². The molecule has 1 fully saturated rings. The number of nitrogens with zero attached hydrogens (tertiary/aromatic N) is 2. The summed E-state index contributed by atoms with van der Waals surface area (Å²) in [5, 5.41) is 7.36. The Bertz CT molecular complexity index is 736. The largest absolute Gasteiger partial charge is 0.496 e. The van der Waals surface area contributed by atoms with Gasteiger partial charge < -0.3 is 10.1 Å². The third-order valence-corrected chi connectivity index (χ3v) is 4.52. The van der Waals surface area contributed by atoms with Crippen LogP contribution in [0.2, 0.25) is 0 Å². The fourth-order valence-electron chi connectivity index (χ4n) is 3.18. The maximum atomic E-state index is 13.5. The molecule has 1 aliphatic carbocycles. The summed E-state index contributed by atoms with van der Waals surface area (Å²) in [6, 6.07) is 4.28. The van der Waals surface area contributed by atoms with Gasteiger partial charge in [0.05, 0.1) is 30.1 Å². The molecule has 0 saturated heterocycles. The Morgan fingerprint density at radius 3 is 2.79 bits per heavy atom. The molecule has 5 nitrogen and oxygen atoms in total. The summed E-state index contributed by atoms with van der Waals surface area (Å²) in [5.74, 6) is -0.542. The normalized spacial score (nSPS) is 15.3. The maximum Gasteiger partial charge on any atom is 0.259 e. The lowest BCUT2D eigenvalue weighted by molar-refractivity contribution is 0.102. The highest BCUT2D eigenvalue weighted by molar-refractivity contribution is 6.06. The lowest BCUT2D eigenvalue weighted by Gasteiger charge is -2.21. The highest BCUT2D eigenvalue weighted by atomic mass is 19.1. The second-order valence-electron chi connectivity index (χ2n) is 6.20. The summed E-state index contributed by atoms with van der Waals surface area (Å²) in [6.45, 7) is 1.86. The van der Waals surface area contributed by atoms with Crippen LogP contribution in [0.3, 0.4) is 0 Å². The van der Waals surface area contributed by atoms with E-state index in [4.69, 9.17) is 4.74 Å². The first-order valence-corrected chi connectivity index (χ1v) is 8.29. The molecule has 0 spiro atoms. The van der Waals surface area contributed by atoms with E-state index in [1.54, 1.807) is 0 Å². The average Bonchev–Trinajstić information content (AvgIpc) is 2.96. The quantitative estimate of drug-likeness (QED) is 0.918. The van der Waals surface area contributed by atoms with Crippen molar-refractivity contribution < 1.29 is 13.9 Å². The Kier molecular flexibility index (Phi) is 4.83. The maximum absolute atomic E-state index is 13.5. The molecule has 0 aliphatic heterocycles. The van der Waals surface area contributed by atoms with Crippen molar-refractivity contribution in [2.75, 3.05) is 12.4 Å². The van der Waals surface area contributed by atoms with Gasteiger partial charge in [0.2, 0.25) is 0 Å². The molecule has 24 heavy (non-hydrogen) atoms. The number of nitrogens with one attached hydrogen (secondary N) is 1. The van der Waals surface area contributed by atoms with Crippen LogP contribution >= 0.6 is 0 Å². The molecule has 1 heterocycles. The molecule has 3 rings (SSSR count). The molecule has 128 valence electrons. The highest BCUT2D eigenvalue weighted by Crippen LogP contribution is 2.29. The summed E-state index contributed by atoms with van der Waals surface area (Å²) in [7, 11) is 1.45. The van der Waals surface area contributed by atoms with Crippen LogP contribution in [0.5, 0.6) is 5.75 Å². The van der Waals surface area contributed by atoms with Gasteiger partial charge in [-0.1, -0.05) is 19.3 Å². The molecule has 6 heteroatoms. The van der Waals surface area contributed by atoms with Gasteiger partial charge >= 0.3 is 0 Å². The minimum Gasteiger partial charge on any atom is -0.496 e. The van der Waals surface area contributed by atoms with Crippen LogP contribution in [0.1, 0.15) is 54.2 Å². The number of rotatable bonds is 4. The zero-order chi connectivity index (χ0) is 17.1. The van der Waals surface area contributed by atoms with E-state index >= 15 is 0 Å². The lowest BCUT2D eigenvalue weighted by Crippen LogP contribution is -2.14. The lowest BCUT2D eigenvalue weighted by atomic mass is 9.96. The number of methoxy groups -OCH3 is 1. The molecule has 0 unspecified atom stereocenters. The third-order valence-electron chi connectivity index (χ3n) is 4.52. The summed E-state index contributed by atoms with van der Waals surface area (Å²) in [6.07, 6.45) is 7.81. The van der Waals surface area contributed by atoms with E-state index in [9.17, 15) is 9.18 Å². The van der Waals surface area contributed by atoms with Crippen LogP contribution in [-0.4, -0.2) is 22.8 Å². The van der Waals surface area contributed by atoms with Gasteiger partial charge in [-0.3, -0.25) is 9.48 Å². The Morgan fingerprint density at radius 1 is 1.33 bits per heavy atom. The minimum absolute atomic E-state index is 0.169. The summed E-state index contributed by atoms with van der Waals surface area (Å²) < 4.78 is 20.5. The van der Waals surface area contributed by atoms with Crippen LogP contribution in [0.15, 0.2) is 24.4 Å². The average molecular weight is 331 g/mol. The predicted octanol–water partition coefficient (Wildman–Crippen LogP) is 4.10. The van der Waals surface area contributed by atoms with Gasteiger partial charge in [0, 0.05) is 6.20 Å². The van der Waals surface area contributed by atoms with Gasteiger partial charge in [0.25, 0.3) is 5.91 Å². The van der Waals surface area contributed by atoms with Crippen molar-refractivity contribution in [2.45, 2.75) is 45.1 Å². The number of aryl methyl sites for hydroxylation is 1. The van der Waals surface area contributed by atoms with Gasteiger partial charge in [-0.2, -0.15) is 5.10 Å². The highest BCUT2D eigenvalue weighted by Gasteiger charge is 2.20. The zero-order valence-corrected chi connectivity index (χ0v) is 14.0. The summed E-state index contributed by atoms with van der Waals surface area (Å²) in [4.78, 5) is 12.5. The second-order valence-corrected chi connectivity index (χ2v) is 6.20. The topological polar surface area (TPSA) is 56.1 Å². The standard InChI is InChI=1S/C18H22FN3O2/c1-12-16(11-22(21-12)14-6-4-3-5-7-14)20-18(23)15-10-13(19)8-9-17(15)24-2/h8-11,14H,3-7H2,1-2H3,(H,20,23). The smallest absolute Gasteiger partial charge is 0.259 e. The van der Waals surface area contributed by atoms with Crippen molar-refractivity contribution in [3.05, 3.63) is 41.5 Å². The van der Waals surface area contributed by atoms with Crippen molar-refractivity contribution in [3.63, 3.8) is 0 Å². The predicted molar refractivity (Wildman–Crippen MR) is 90.0 cm³/mol.